The Morgan fingerprint density at radius 3 is 2.14 bits per heavy atom. The highest BCUT2D eigenvalue weighted by Gasteiger charge is 2.21. The van der Waals surface area contributed by atoms with Crippen LogP contribution in [0.15, 0.2) is 34.8 Å². The maximum Gasteiger partial charge on any atom is 0.163 e. The Morgan fingerprint density at radius 1 is 0.952 bits per heavy atom. The Bertz CT molecular complexity index is 662. The lowest BCUT2D eigenvalue weighted by atomic mass is 10.00. The summed E-state index contributed by atoms with van der Waals surface area (Å²) in [5.41, 5.74) is -0.125. The summed E-state index contributed by atoms with van der Waals surface area (Å²) in [7, 11) is 2.77. The van der Waals surface area contributed by atoms with Crippen LogP contribution in [0.2, 0.25) is 0 Å². The van der Waals surface area contributed by atoms with Crippen LogP contribution in [-0.4, -0.2) is 19.3 Å². The molecule has 1 unspecified atom stereocenters. The molecule has 6 heteroatoms. The lowest BCUT2D eigenvalue weighted by molar-refractivity contribution is 0.208. The number of hydrogen-bond donors (Lipinski definition) is 1. The summed E-state index contributed by atoms with van der Waals surface area (Å²) in [5, 5.41) is 10.3. The van der Waals surface area contributed by atoms with Gasteiger partial charge in [0.1, 0.15) is 17.7 Å². The highest BCUT2D eigenvalue weighted by atomic mass is 79.9. The Kier molecular flexibility index (Phi) is 4.80. The Morgan fingerprint density at radius 2 is 1.52 bits per heavy atom. The predicted molar refractivity (Wildman–Crippen MR) is 77.7 cm³/mol. The second-order valence-electron chi connectivity index (χ2n) is 4.30. The molecule has 0 heterocycles. The lowest BCUT2D eigenvalue weighted by Gasteiger charge is -2.16. The van der Waals surface area contributed by atoms with Gasteiger partial charge in [-0.1, -0.05) is 15.9 Å². The first-order valence-corrected chi connectivity index (χ1v) is 6.81. The zero-order valence-electron chi connectivity index (χ0n) is 11.4. The first kappa shape index (κ1) is 15.7. The Balaban J connectivity index is 2.52. The maximum atomic E-state index is 14.1. The van der Waals surface area contributed by atoms with Crippen molar-refractivity contribution in [2.75, 3.05) is 14.2 Å². The van der Waals surface area contributed by atoms with Crippen molar-refractivity contribution in [3.05, 3.63) is 57.6 Å². The molecular weight excluding hydrogens is 346 g/mol. The molecule has 2 rings (SSSR count). The number of ether oxygens (including phenoxy) is 2. The van der Waals surface area contributed by atoms with E-state index in [2.05, 4.69) is 15.9 Å². The zero-order valence-corrected chi connectivity index (χ0v) is 12.9. The van der Waals surface area contributed by atoms with Gasteiger partial charge in [0, 0.05) is 21.7 Å². The van der Waals surface area contributed by atoms with E-state index in [0.717, 1.165) is 6.07 Å². The molecule has 0 aromatic heterocycles. The Labute approximate surface area is 129 Å². The molecule has 112 valence electrons. The quantitative estimate of drug-likeness (QED) is 0.902. The Hall–Kier alpha value is -1.66. The van der Waals surface area contributed by atoms with Crippen LogP contribution in [0, 0.1) is 11.6 Å². The molecule has 21 heavy (non-hydrogen) atoms. The van der Waals surface area contributed by atoms with Crippen LogP contribution < -0.4 is 9.47 Å². The number of halogens is 3. The number of benzene rings is 2. The van der Waals surface area contributed by atoms with Crippen molar-refractivity contribution < 1.29 is 23.4 Å². The predicted octanol–water partition coefficient (Wildman–Crippen LogP) is 3.83. The van der Waals surface area contributed by atoms with Crippen LogP contribution >= 0.6 is 15.9 Å². The number of methoxy groups -OCH3 is 2. The fourth-order valence-corrected chi connectivity index (χ4v) is 2.35. The molecule has 0 saturated carbocycles. The van der Waals surface area contributed by atoms with E-state index in [-0.39, 0.29) is 22.6 Å². The highest BCUT2D eigenvalue weighted by Crippen LogP contribution is 2.35. The molecule has 0 radical (unpaired) electrons. The molecule has 2 aromatic carbocycles. The minimum atomic E-state index is -1.46. The van der Waals surface area contributed by atoms with Crippen molar-refractivity contribution in [1.29, 1.82) is 0 Å². The minimum Gasteiger partial charge on any atom is -0.493 e. The van der Waals surface area contributed by atoms with E-state index in [9.17, 15) is 13.9 Å². The topological polar surface area (TPSA) is 38.7 Å². The third-order valence-electron chi connectivity index (χ3n) is 3.05. The smallest absolute Gasteiger partial charge is 0.163 e. The van der Waals surface area contributed by atoms with E-state index in [1.165, 1.54) is 38.5 Å². The van der Waals surface area contributed by atoms with Gasteiger partial charge in [-0.3, -0.25) is 0 Å². The van der Waals surface area contributed by atoms with E-state index in [4.69, 9.17) is 9.47 Å². The minimum absolute atomic E-state index is 0.0319. The maximum absolute atomic E-state index is 14.1. The van der Waals surface area contributed by atoms with E-state index in [0.29, 0.717) is 4.47 Å². The standard InChI is InChI=1S/C15H13BrF2O3/c1-20-13-6-10(12(18)7-14(13)21-2)15(19)9-5-8(16)3-4-11(9)17/h3-7,15,19H,1-2H3. The summed E-state index contributed by atoms with van der Waals surface area (Å²) >= 11 is 3.19. The SMILES string of the molecule is COc1cc(F)c(C(O)c2cc(Br)ccc2F)cc1OC. The largest absolute Gasteiger partial charge is 0.493 e. The average Bonchev–Trinajstić information content (AvgIpc) is 2.48. The summed E-state index contributed by atoms with van der Waals surface area (Å²) in [5.74, 6) is -0.886. The van der Waals surface area contributed by atoms with Crippen LogP contribution in [-0.2, 0) is 0 Å². The normalized spacial score (nSPS) is 12.1. The van der Waals surface area contributed by atoms with Gasteiger partial charge >= 0.3 is 0 Å². The first-order chi connectivity index (χ1) is 9.97. The summed E-state index contributed by atoms with van der Waals surface area (Å²) < 4.78 is 38.5. The fourth-order valence-electron chi connectivity index (χ4n) is 1.97. The van der Waals surface area contributed by atoms with Gasteiger partial charge in [-0.05, 0) is 24.3 Å². The van der Waals surface area contributed by atoms with E-state index in [1.54, 1.807) is 0 Å². The molecule has 1 atom stereocenters. The molecule has 2 aromatic rings. The molecule has 0 saturated heterocycles. The van der Waals surface area contributed by atoms with Crippen molar-refractivity contribution in [3.8, 4) is 11.5 Å². The number of aliphatic hydroxyl groups excluding tert-OH is 1. The van der Waals surface area contributed by atoms with E-state index < -0.39 is 17.7 Å². The molecule has 0 bridgehead atoms. The van der Waals surface area contributed by atoms with Crippen molar-refractivity contribution in [1.82, 2.24) is 0 Å². The highest BCUT2D eigenvalue weighted by molar-refractivity contribution is 9.10. The number of rotatable bonds is 4. The van der Waals surface area contributed by atoms with Gasteiger partial charge < -0.3 is 14.6 Å². The molecule has 0 spiro atoms. The van der Waals surface area contributed by atoms with Crippen LogP contribution in [0.3, 0.4) is 0 Å². The van der Waals surface area contributed by atoms with Crippen LogP contribution in [0.25, 0.3) is 0 Å². The molecule has 0 fully saturated rings. The molecular formula is C15H13BrF2O3. The number of aliphatic hydroxyl groups is 1. The first-order valence-electron chi connectivity index (χ1n) is 6.02. The van der Waals surface area contributed by atoms with Crippen molar-refractivity contribution in [3.63, 3.8) is 0 Å². The van der Waals surface area contributed by atoms with Gasteiger partial charge in [0.2, 0.25) is 0 Å². The number of hydrogen-bond acceptors (Lipinski definition) is 3. The summed E-state index contributed by atoms with van der Waals surface area (Å²) in [6.45, 7) is 0. The lowest BCUT2D eigenvalue weighted by Crippen LogP contribution is -2.06. The molecule has 0 aliphatic heterocycles. The molecule has 0 aliphatic rings. The van der Waals surface area contributed by atoms with Crippen LogP contribution in [0.5, 0.6) is 11.5 Å². The third kappa shape index (κ3) is 3.16. The summed E-state index contributed by atoms with van der Waals surface area (Å²) in [4.78, 5) is 0. The van der Waals surface area contributed by atoms with Crippen molar-refractivity contribution >= 4 is 15.9 Å². The van der Waals surface area contributed by atoms with Gasteiger partial charge in [0.25, 0.3) is 0 Å². The van der Waals surface area contributed by atoms with Crippen molar-refractivity contribution in [2.45, 2.75) is 6.10 Å². The fraction of sp³-hybridized carbons (Fsp3) is 0.200. The second-order valence-corrected chi connectivity index (χ2v) is 5.21. The molecule has 3 nitrogen and oxygen atoms in total. The second kappa shape index (κ2) is 6.41. The molecule has 0 amide bonds. The van der Waals surface area contributed by atoms with Crippen LogP contribution in [0.1, 0.15) is 17.2 Å². The van der Waals surface area contributed by atoms with E-state index in [1.807, 2.05) is 0 Å². The molecule has 1 N–H and O–H groups in total. The average molecular weight is 359 g/mol. The third-order valence-corrected chi connectivity index (χ3v) is 3.54. The zero-order chi connectivity index (χ0) is 15.6. The van der Waals surface area contributed by atoms with E-state index >= 15 is 0 Å². The monoisotopic (exact) mass is 358 g/mol. The van der Waals surface area contributed by atoms with Gasteiger partial charge in [-0.25, -0.2) is 8.78 Å². The van der Waals surface area contributed by atoms with Gasteiger partial charge in [-0.2, -0.15) is 0 Å². The molecule has 0 aliphatic carbocycles. The van der Waals surface area contributed by atoms with Gasteiger partial charge in [-0.15, -0.1) is 0 Å². The van der Waals surface area contributed by atoms with Crippen molar-refractivity contribution in [2.24, 2.45) is 0 Å². The summed E-state index contributed by atoms with van der Waals surface area (Å²) in [6, 6.07) is 6.47. The van der Waals surface area contributed by atoms with Gasteiger partial charge in [0.05, 0.1) is 14.2 Å². The van der Waals surface area contributed by atoms with Gasteiger partial charge in [0.15, 0.2) is 11.5 Å². The summed E-state index contributed by atoms with van der Waals surface area (Å²) in [6.07, 6.45) is -1.46. The van der Waals surface area contributed by atoms with Crippen LogP contribution in [0.4, 0.5) is 8.78 Å².